The molecule has 0 aromatic carbocycles. The molecule has 3 aromatic heterocycles. The first kappa shape index (κ1) is 18.3. The first-order valence-electron chi connectivity index (χ1n) is 8.21. The number of aliphatic hydroxyl groups excluding tert-OH is 1. The number of aromatic nitrogens is 4. The van der Waals surface area contributed by atoms with Crippen LogP contribution in [0, 0.1) is 5.41 Å². The summed E-state index contributed by atoms with van der Waals surface area (Å²) in [6.45, 7) is 0.373. The van der Waals surface area contributed by atoms with Crippen LogP contribution in [-0.4, -0.2) is 37.7 Å². The largest absolute Gasteiger partial charge is 0.393 e. The maximum Gasteiger partial charge on any atom is 0.183 e. The van der Waals surface area contributed by atoms with Crippen LogP contribution in [0.15, 0.2) is 36.9 Å². The van der Waals surface area contributed by atoms with Crippen molar-refractivity contribution in [2.75, 3.05) is 17.8 Å². The molecule has 0 saturated heterocycles. The quantitative estimate of drug-likeness (QED) is 0.194. The van der Waals surface area contributed by atoms with Crippen LogP contribution >= 0.6 is 0 Å². The fraction of sp³-hybridized carbons (Fsp3) is 0.176. The van der Waals surface area contributed by atoms with Crippen molar-refractivity contribution in [2.45, 2.75) is 13.2 Å². The SMILES string of the molecule is CN/C=C(\C=N)c1cnc(NN)c(NCc2ccc3ncc(CO)n3c2)n1. The maximum absolute atomic E-state index is 9.40. The molecule has 0 radical (unpaired) electrons. The van der Waals surface area contributed by atoms with E-state index in [4.69, 9.17) is 11.3 Å². The molecule has 0 unspecified atom stereocenters. The van der Waals surface area contributed by atoms with Gasteiger partial charge in [0.1, 0.15) is 5.65 Å². The molecule has 7 N–H and O–H groups in total. The summed E-state index contributed by atoms with van der Waals surface area (Å²) in [7, 11) is 1.75. The second kappa shape index (κ2) is 8.25. The highest BCUT2D eigenvalue weighted by atomic mass is 16.3. The molecule has 0 bridgehead atoms. The van der Waals surface area contributed by atoms with E-state index in [-0.39, 0.29) is 6.61 Å². The van der Waals surface area contributed by atoms with Gasteiger partial charge >= 0.3 is 0 Å². The van der Waals surface area contributed by atoms with Crippen LogP contribution < -0.4 is 21.9 Å². The summed E-state index contributed by atoms with van der Waals surface area (Å²) in [5.74, 6) is 6.39. The number of nitrogens with two attached hydrogens (primary N) is 1. The van der Waals surface area contributed by atoms with E-state index in [2.05, 4.69) is 31.0 Å². The highest BCUT2D eigenvalue weighted by Gasteiger charge is 2.10. The molecule has 0 amide bonds. The Labute approximate surface area is 155 Å². The van der Waals surface area contributed by atoms with Gasteiger partial charge in [0.05, 0.1) is 30.4 Å². The average Bonchev–Trinajstić information content (AvgIpc) is 3.12. The molecule has 0 spiro atoms. The highest BCUT2D eigenvalue weighted by Crippen LogP contribution is 2.19. The third kappa shape index (κ3) is 3.86. The van der Waals surface area contributed by atoms with E-state index in [1.165, 1.54) is 6.21 Å². The molecule has 3 rings (SSSR count). The number of nitrogens with one attached hydrogen (secondary N) is 4. The molecule has 3 aromatic rings. The van der Waals surface area contributed by atoms with Crippen molar-refractivity contribution < 1.29 is 5.11 Å². The van der Waals surface area contributed by atoms with Crippen LogP contribution in [0.25, 0.3) is 11.2 Å². The monoisotopic (exact) mass is 367 g/mol. The number of hydrazine groups is 1. The zero-order chi connectivity index (χ0) is 19.2. The lowest BCUT2D eigenvalue weighted by molar-refractivity contribution is 0.276. The molecular weight excluding hydrogens is 346 g/mol. The predicted molar refractivity (Wildman–Crippen MR) is 104 cm³/mol. The number of anilines is 2. The number of hydrogen-bond acceptors (Lipinski definition) is 9. The molecule has 3 heterocycles. The van der Waals surface area contributed by atoms with Crippen LogP contribution in [0.1, 0.15) is 17.0 Å². The van der Waals surface area contributed by atoms with Gasteiger partial charge in [0, 0.05) is 37.8 Å². The van der Waals surface area contributed by atoms with Crippen molar-refractivity contribution in [1.29, 1.82) is 5.41 Å². The lowest BCUT2D eigenvalue weighted by Crippen LogP contribution is -2.14. The Bertz CT molecular complexity index is 980. The van der Waals surface area contributed by atoms with Gasteiger partial charge in [-0.15, -0.1) is 0 Å². The maximum atomic E-state index is 9.40. The van der Waals surface area contributed by atoms with Crippen LogP contribution in [0.5, 0.6) is 0 Å². The normalized spacial score (nSPS) is 11.4. The van der Waals surface area contributed by atoms with E-state index in [1.807, 2.05) is 22.7 Å². The molecule has 10 nitrogen and oxygen atoms in total. The molecule has 10 heteroatoms. The van der Waals surface area contributed by atoms with E-state index in [0.717, 1.165) is 11.2 Å². The van der Waals surface area contributed by atoms with Gasteiger partial charge < -0.3 is 31.0 Å². The van der Waals surface area contributed by atoms with Crippen molar-refractivity contribution in [3.63, 3.8) is 0 Å². The topological polar surface area (TPSA) is 149 Å². The number of nitrogens with zero attached hydrogens (tertiary/aromatic N) is 4. The van der Waals surface area contributed by atoms with Crippen LogP contribution in [-0.2, 0) is 13.2 Å². The number of aliphatic hydroxyl groups is 1. The molecule has 0 atom stereocenters. The van der Waals surface area contributed by atoms with Gasteiger partial charge in [-0.2, -0.15) is 0 Å². The van der Waals surface area contributed by atoms with Crippen LogP contribution in [0.2, 0.25) is 0 Å². The minimum atomic E-state index is -0.0863. The minimum absolute atomic E-state index is 0.0863. The molecule has 27 heavy (non-hydrogen) atoms. The van der Waals surface area contributed by atoms with Crippen molar-refractivity contribution in [3.05, 3.63) is 53.9 Å². The summed E-state index contributed by atoms with van der Waals surface area (Å²) >= 11 is 0. The lowest BCUT2D eigenvalue weighted by Gasteiger charge is -2.12. The number of fused-ring (bicyclic) bond motifs is 1. The first-order valence-corrected chi connectivity index (χ1v) is 8.21. The fourth-order valence-electron chi connectivity index (χ4n) is 2.58. The number of allylic oxidation sites excluding steroid dienone is 1. The summed E-state index contributed by atoms with van der Waals surface area (Å²) in [6, 6.07) is 3.82. The summed E-state index contributed by atoms with van der Waals surface area (Å²) in [5, 5.41) is 23.0. The lowest BCUT2D eigenvalue weighted by atomic mass is 10.2. The summed E-state index contributed by atoms with van der Waals surface area (Å²) in [4.78, 5) is 13.0. The van der Waals surface area contributed by atoms with E-state index in [1.54, 1.807) is 25.6 Å². The summed E-state index contributed by atoms with van der Waals surface area (Å²) < 4.78 is 1.84. The zero-order valence-corrected chi connectivity index (χ0v) is 14.8. The third-order valence-corrected chi connectivity index (χ3v) is 3.93. The average molecular weight is 367 g/mol. The Hall–Kier alpha value is -3.50. The zero-order valence-electron chi connectivity index (χ0n) is 14.8. The summed E-state index contributed by atoms with van der Waals surface area (Å²) in [5.41, 5.74) is 6.08. The Kier molecular flexibility index (Phi) is 5.59. The second-order valence-corrected chi connectivity index (χ2v) is 5.66. The number of pyridine rings is 1. The van der Waals surface area contributed by atoms with Crippen molar-refractivity contribution in [3.8, 4) is 0 Å². The van der Waals surface area contributed by atoms with Crippen molar-refractivity contribution >= 4 is 29.1 Å². The van der Waals surface area contributed by atoms with Gasteiger partial charge in [-0.1, -0.05) is 6.07 Å². The molecule has 0 aliphatic carbocycles. The number of rotatable bonds is 8. The molecule has 0 aliphatic rings. The van der Waals surface area contributed by atoms with Gasteiger partial charge in [0.15, 0.2) is 11.6 Å². The van der Waals surface area contributed by atoms with Crippen molar-refractivity contribution in [2.24, 2.45) is 5.84 Å². The Morgan fingerprint density at radius 3 is 2.85 bits per heavy atom. The Morgan fingerprint density at radius 2 is 2.15 bits per heavy atom. The van der Waals surface area contributed by atoms with Gasteiger partial charge in [0.2, 0.25) is 0 Å². The molecular formula is C17H21N9O. The van der Waals surface area contributed by atoms with E-state index >= 15 is 0 Å². The van der Waals surface area contributed by atoms with E-state index < -0.39 is 0 Å². The van der Waals surface area contributed by atoms with Gasteiger partial charge in [0.25, 0.3) is 0 Å². The number of hydrogen-bond donors (Lipinski definition) is 6. The van der Waals surface area contributed by atoms with Crippen LogP contribution in [0.4, 0.5) is 11.6 Å². The van der Waals surface area contributed by atoms with Gasteiger partial charge in [-0.25, -0.2) is 20.8 Å². The number of nitrogen functional groups attached to an aromatic ring is 1. The van der Waals surface area contributed by atoms with Crippen molar-refractivity contribution in [1.82, 2.24) is 24.7 Å². The molecule has 0 saturated carbocycles. The Balaban J connectivity index is 1.86. The first-order chi connectivity index (χ1) is 13.2. The fourth-order valence-corrected chi connectivity index (χ4v) is 2.58. The highest BCUT2D eigenvalue weighted by molar-refractivity contribution is 6.07. The van der Waals surface area contributed by atoms with E-state index in [0.29, 0.717) is 35.1 Å². The predicted octanol–water partition coefficient (Wildman–Crippen LogP) is 0.724. The second-order valence-electron chi connectivity index (χ2n) is 5.66. The minimum Gasteiger partial charge on any atom is -0.393 e. The third-order valence-electron chi connectivity index (χ3n) is 3.93. The standard InChI is InChI=1S/C17H21N9O/c1-20-6-12(4-18)14-8-23-17(25-19)16(24-14)22-5-11-2-3-15-21-7-13(10-27)26(15)9-11/h2-4,6-9,18,20,27H,5,10,19H2,1H3,(H,22,24)(H,23,25)/b12-6+,18-4?. The number of imidazole rings is 1. The molecule has 0 aliphatic heterocycles. The smallest absolute Gasteiger partial charge is 0.183 e. The Morgan fingerprint density at radius 1 is 1.30 bits per heavy atom. The van der Waals surface area contributed by atoms with E-state index in [9.17, 15) is 5.11 Å². The molecule has 0 fully saturated rings. The van der Waals surface area contributed by atoms with Gasteiger partial charge in [-0.3, -0.25) is 0 Å². The summed E-state index contributed by atoms with van der Waals surface area (Å²) in [6.07, 6.45) is 7.95. The van der Waals surface area contributed by atoms with Crippen LogP contribution in [0.3, 0.4) is 0 Å². The van der Waals surface area contributed by atoms with Gasteiger partial charge in [-0.05, 0) is 11.6 Å². The molecule has 140 valence electrons.